The van der Waals surface area contributed by atoms with E-state index in [-0.39, 0.29) is 42.1 Å². The fourth-order valence-corrected chi connectivity index (χ4v) is 7.26. The number of hydrogen-bond donors (Lipinski definition) is 3. The fraction of sp³-hybridized carbons (Fsp3) is 0.571. The van der Waals surface area contributed by atoms with Crippen LogP contribution in [0.2, 0.25) is 0 Å². The van der Waals surface area contributed by atoms with Crippen molar-refractivity contribution in [3.05, 3.63) is 47.7 Å². The van der Waals surface area contributed by atoms with E-state index in [4.69, 9.17) is 14.5 Å². The molecule has 0 aromatic heterocycles. The summed E-state index contributed by atoms with van der Waals surface area (Å²) < 4.78 is 11.8. The number of piperazine rings is 1. The van der Waals surface area contributed by atoms with E-state index in [1.807, 2.05) is 17.1 Å². The van der Waals surface area contributed by atoms with Crippen LogP contribution < -0.4 is 20.9 Å². The van der Waals surface area contributed by atoms with Crippen LogP contribution in [0.1, 0.15) is 32.6 Å². The molecule has 6 aliphatic rings. The Labute approximate surface area is 281 Å². The maximum atomic E-state index is 13.0. The Morgan fingerprint density at radius 1 is 1.10 bits per heavy atom. The number of allylic oxidation sites excluding steroid dienone is 2. The van der Waals surface area contributed by atoms with Crippen LogP contribution in [0.3, 0.4) is 0 Å². The van der Waals surface area contributed by atoms with E-state index in [9.17, 15) is 14.9 Å². The number of hydrogen-bond acceptors (Lipinski definition) is 11. The van der Waals surface area contributed by atoms with E-state index in [2.05, 4.69) is 68.0 Å². The van der Waals surface area contributed by atoms with Gasteiger partial charge in [0.15, 0.2) is 0 Å². The number of nitrogens with zero attached hydrogens (tertiary/aromatic N) is 6. The number of rotatable bonds is 8. The molecule has 0 saturated carbocycles. The molecule has 13 heteroatoms. The van der Waals surface area contributed by atoms with Gasteiger partial charge in [-0.2, -0.15) is 5.26 Å². The average molecular weight is 656 g/mol. The van der Waals surface area contributed by atoms with Crippen molar-refractivity contribution in [3.8, 4) is 6.07 Å². The molecule has 3 unspecified atom stereocenters. The lowest BCUT2D eigenvalue weighted by atomic mass is 9.93. The van der Waals surface area contributed by atoms with Crippen LogP contribution in [-0.4, -0.2) is 111 Å². The second-order valence-electron chi connectivity index (χ2n) is 13.6. The van der Waals surface area contributed by atoms with Gasteiger partial charge in [-0.25, -0.2) is 9.98 Å². The quantitative estimate of drug-likeness (QED) is 0.383. The predicted octanol–water partition coefficient (Wildman–Crippen LogP) is 2.07. The number of carbonyl (C=O) groups excluding carboxylic acids is 2. The summed E-state index contributed by atoms with van der Waals surface area (Å²) in [7, 11) is 0. The first kappa shape index (κ1) is 32.2. The van der Waals surface area contributed by atoms with Crippen LogP contribution in [0.4, 0.5) is 11.4 Å². The number of aliphatic imine (C=N–C) groups is 2. The average Bonchev–Trinajstić information content (AvgIpc) is 3.45. The number of carbonyl (C=O) groups is 2. The summed E-state index contributed by atoms with van der Waals surface area (Å²) in [6, 6.07) is 11.4. The molecule has 1 aromatic rings. The second-order valence-corrected chi connectivity index (χ2v) is 13.6. The molecule has 13 nitrogen and oxygen atoms in total. The summed E-state index contributed by atoms with van der Waals surface area (Å²) in [6.07, 6.45) is 7.35. The number of anilines is 2. The molecule has 5 heterocycles. The highest BCUT2D eigenvalue weighted by atomic mass is 16.5. The van der Waals surface area contributed by atoms with Crippen molar-refractivity contribution in [2.24, 2.45) is 27.7 Å². The first-order valence-corrected chi connectivity index (χ1v) is 17.3. The van der Waals surface area contributed by atoms with Crippen LogP contribution in [0.15, 0.2) is 57.7 Å². The number of nitrogens with one attached hydrogen (secondary N) is 3. The molecule has 254 valence electrons. The second kappa shape index (κ2) is 14.4. The first-order chi connectivity index (χ1) is 23.4. The van der Waals surface area contributed by atoms with Crippen LogP contribution >= 0.6 is 0 Å². The molecule has 0 bridgehead atoms. The number of amides is 2. The summed E-state index contributed by atoms with van der Waals surface area (Å²) in [4.78, 5) is 40.8. The third-order valence-electron chi connectivity index (χ3n) is 10.4. The van der Waals surface area contributed by atoms with Gasteiger partial charge in [0, 0.05) is 75.9 Å². The summed E-state index contributed by atoms with van der Waals surface area (Å²) >= 11 is 0. The van der Waals surface area contributed by atoms with Crippen molar-refractivity contribution in [1.29, 1.82) is 5.26 Å². The summed E-state index contributed by atoms with van der Waals surface area (Å²) in [6.45, 7) is 9.64. The van der Waals surface area contributed by atoms with Gasteiger partial charge in [-0.05, 0) is 49.1 Å². The number of ether oxygens (including phenoxy) is 2. The number of likely N-dealkylation sites (tertiary alicyclic amines) is 1. The van der Waals surface area contributed by atoms with Crippen LogP contribution in [0.25, 0.3) is 0 Å². The molecule has 0 radical (unpaired) electrons. The third kappa shape index (κ3) is 7.19. The lowest BCUT2D eigenvalue weighted by molar-refractivity contribution is -0.135. The Kier molecular flexibility index (Phi) is 9.63. The zero-order valence-electron chi connectivity index (χ0n) is 27.5. The van der Waals surface area contributed by atoms with Crippen molar-refractivity contribution < 1.29 is 19.1 Å². The summed E-state index contributed by atoms with van der Waals surface area (Å²) in [5.74, 6) is 1.13. The Hall–Kier alpha value is -4.41. The van der Waals surface area contributed by atoms with Crippen molar-refractivity contribution in [2.45, 2.75) is 51.0 Å². The number of amidine groups is 1. The molecular weight excluding hydrogens is 610 g/mol. The van der Waals surface area contributed by atoms with E-state index in [0.717, 1.165) is 57.3 Å². The highest BCUT2D eigenvalue weighted by molar-refractivity contribution is 5.96. The zero-order valence-corrected chi connectivity index (χ0v) is 27.5. The summed E-state index contributed by atoms with van der Waals surface area (Å²) in [5.41, 5.74) is 2.64. The lowest BCUT2D eigenvalue weighted by Crippen LogP contribution is -2.56. The minimum atomic E-state index is -0.475. The largest absolute Gasteiger partial charge is 0.489 e. The molecule has 4 fully saturated rings. The topological polar surface area (TPSA) is 147 Å². The minimum Gasteiger partial charge on any atom is -0.489 e. The number of benzene rings is 1. The standard InChI is InChI=1S/C35H45N9O4/c1-23-8-10-44(34(46)26-17-32(45)37-19-26)11-9-30(23)48-31-7-2-24(16-25(31)18-36)33-38-22-39-35(41-33)40-27-3-5-28(6-4-27)42-12-14-43(15-13-42)29-20-47-21-29/h3-7,16,22-24,26,29-30,35,40H,2,8-15,17,19-21H2,1H3,(H,37,45)(H,38,39,41)/t23-,24?,26?,30+,35?/m1/s1. The molecule has 0 spiro atoms. The van der Waals surface area contributed by atoms with Crippen LogP contribution in [0.5, 0.6) is 0 Å². The molecule has 2 amide bonds. The lowest BCUT2D eigenvalue weighted by Gasteiger charge is -2.43. The van der Waals surface area contributed by atoms with Crippen molar-refractivity contribution in [3.63, 3.8) is 0 Å². The molecule has 5 aliphatic heterocycles. The number of nitriles is 1. The summed E-state index contributed by atoms with van der Waals surface area (Å²) in [5, 5.41) is 19.4. The molecule has 5 atom stereocenters. The van der Waals surface area contributed by atoms with Crippen molar-refractivity contribution >= 4 is 35.4 Å². The highest BCUT2D eigenvalue weighted by Crippen LogP contribution is 2.31. The van der Waals surface area contributed by atoms with E-state index in [1.165, 1.54) is 5.69 Å². The van der Waals surface area contributed by atoms with Gasteiger partial charge in [0.2, 0.25) is 18.1 Å². The van der Waals surface area contributed by atoms with Crippen LogP contribution in [0, 0.1) is 29.1 Å². The van der Waals surface area contributed by atoms with Gasteiger partial charge in [-0.1, -0.05) is 13.0 Å². The van der Waals surface area contributed by atoms with Gasteiger partial charge < -0.3 is 35.2 Å². The Bertz CT molecular complexity index is 1520. The molecule has 3 N–H and O–H groups in total. The monoisotopic (exact) mass is 655 g/mol. The van der Waals surface area contributed by atoms with E-state index in [1.54, 1.807) is 6.34 Å². The van der Waals surface area contributed by atoms with E-state index >= 15 is 0 Å². The Balaban J connectivity index is 0.922. The predicted molar refractivity (Wildman–Crippen MR) is 182 cm³/mol. The normalized spacial score (nSPS) is 29.7. The Morgan fingerprint density at radius 3 is 2.60 bits per heavy atom. The molecule has 1 aliphatic carbocycles. The van der Waals surface area contributed by atoms with Gasteiger partial charge in [0.05, 0.1) is 37.1 Å². The van der Waals surface area contributed by atoms with Gasteiger partial charge >= 0.3 is 0 Å². The maximum Gasteiger partial charge on any atom is 0.227 e. The molecule has 1 aromatic carbocycles. The SMILES string of the molecule is C[C@@H]1CCN(C(=O)C2CNC(=O)C2)CC[C@@H]1OC1=CCC(C2=NC(Nc3ccc(N4CCN(C5COC5)CC4)cc3)N=CN2)C=C1C#N. The molecular formula is C35H45N9O4. The molecule has 7 rings (SSSR count). The highest BCUT2D eigenvalue weighted by Gasteiger charge is 2.35. The van der Waals surface area contributed by atoms with E-state index < -0.39 is 6.29 Å². The molecule has 4 saturated heterocycles. The third-order valence-corrected chi connectivity index (χ3v) is 10.4. The smallest absolute Gasteiger partial charge is 0.227 e. The maximum absolute atomic E-state index is 13.0. The minimum absolute atomic E-state index is 0.0390. The van der Waals surface area contributed by atoms with Gasteiger partial charge in [0.25, 0.3) is 0 Å². The zero-order chi connectivity index (χ0) is 33.0. The van der Waals surface area contributed by atoms with Crippen molar-refractivity contribution in [1.82, 2.24) is 20.4 Å². The van der Waals surface area contributed by atoms with Gasteiger partial charge in [-0.3, -0.25) is 14.5 Å². The Morgan fingerprint density at radius 2 is 1.90 bits per heavy atom. The van der Waals surface area contributed by atoms with Crippen molar-refractivity contribution in [2.75, 3.05) is 69.2 Å². The molecule has 48 heavy (non-hydrogen) atoms. The van der Waals surface area contributed by atoms with Gasteiger partial charge in [0.1, 0.15) is 23.8 Å². The first-order valence-electron chi connectivity index (χ1n) is 17.3. The fourth-order valence-electron chi connectivity index (χ4n) is 7.26. The van der Waals surface area contributed by atoms with Crippen LogP contribution in [-0.2, 0) is 19.1 Å². The van der Waals surface area contributed by atoms with E-state index in [0.29, 0.717) is 49.9 Å². The van der Waals surface area contributed by atoms with Gasteiger partial charge in [-0.15, -0.1) is 0 Å².